The SMILES string of the molecule is CCC(C)(C)NC(=O)[C@H](c1ccccc1F)N(Cc1cccnc1)C(=O)c1csnn1. The van der Waals surface area contributed by atoms with Crippen molar-refractivity contribution in [3.63, 3.8) is 0 Å². The van der Waals surface area contributed by atoms with Crippen LogP contribution < -0.4 is 5.32 Å². The number of hydrogen-bond acceptors (Lipinski definition) is 6. The molecule has 0 aliphatic rings. The van der Waals surface area contributed by atoms with Crippen LogP contribution in [0, 0.1) is 5.82 Å². The van der Waals surface area contributed by atoms with Gasteiger partial charge in [-0.05, 0) is 49.5 Å². The Labute approximate surface area is 184 Å². The molecule has 2 amide bonds. The Morgan fingerprint density at radius 3 is 2.61 bits per heavy atom. The minimum atomic E-state index is -1.21. The summed E-state index contributed by atoms with van der Waals surface area (Å²) < 4.78 is 18.6. The summed E-state index contributed by atoms with van der Waals surface area (Å²) in [6.45, 7) is 5.74. The van der Waals surface area contributed by atoms with Gasteiger partial charge in [0, 0.05) is 35.4 Å². The maximum absolute atomic E-state index is 14.9. The average Bonchev–Trinajstić information content (AvgIpc) is 3.29. The van der Waals surface area contributed by atoms with E-state index in [1.807, 2.05) is 20.8 Å². The van der Waals surface area contributed by atoms with Crippen molar-refractivity contribution in [1.82, 2.24) is 24.8 Å². The van der Waals surface area contributed by atoms with Gasteiger partial charge in [-0.1, -0.05) is 35.7 Å². The molecule has 0 radical (unpaired) electrons. The smallest absolute Gasteiger partial charge is 0.276 e. The molecule has 162 valence electrons. The minimum absolute atomic E-state index is 0.0448. The number of nitrogens with one attached hydrogen (secondary N) is 1. The Hall–Kier alpha value is -3.20. The molecule has 0 unspecified atom stereocenters. The number of pyridine rings is 1. The van der Waals surface area contributed by atoms with Gasteiger partial charge in [0.25, 0.3) is 5.91 Å². The first-order valence-corrected chi connectivity index (χ1v) is 10.7. The predicted octanol–water partition coefficient (Wildman–Crippen LogP) is 3.76. The molecule has 0 aliphatic carbocycles. The van der Waals surface area contributed by atoms with E-state index in [9.17, 15) is 14.0 Å². The number of carbonyl (C=O) groups excluding carboxylic acids is 2. The van der Waals surface area contributed by atoms with E-state index < -0.39 is 29.2 Å². The second kappa shape index (κ2) is 9.74. The van der Waals surface area contributed by atoms with E-state index in [2.05, 4.69) is 19.9 Å². The molecule has 0 bridgehead atoms. The number of halogens is 1. The molecule has 2 heterocycles. The van der Waals surface area contributed by atoms with Crippen molar-refractivity contribution in [3.05, 3.63) is 76.8 Å². The highest BCUT2D eigenvalue weighted by atomic mass is 32.1. The van der Waals surface area contributed by atoms with Crippen LogP contribution in [-0.2, 0) is 11.3 Å². The highest BCUT2D eigenvalue weighted by Gasteiger charge is 2.36. The fourth-order valence-electron chi connectivity index (χ4n) is 3.01. The molecule has 3 aromatic rings. The van der Waals surface area contributed by atoms with Crippen molar-refractivity contribution in [1.29, 1.82) is 0 Å². The van der Waals surface area contributed by atoms with E-state index >= 15 is 0 Å². The van der Waals surface area contributed by atoms with Gasteiger partial charge in [-0.15, -0.1) is 5.10 Å². The van der Waals surface area contributed by atoms with Gasteiger partial charge in [0.15, 0.2) is 5.69 Å². The van der Waals surface area contributed by atoms with Crippen LogP contribution in [0.4, 0.5) is 4.39 Å². The quantitative estimate of drug-likeness (QED) is 0.575. The average molecular weight is 442 g/mol. The second-order valence-corrected chi connectivity index (χ2v) is 8.35. The number of aromatic nitrogens is 3. The zero-order valence-corrected chi connectivity index (χ0v) is 18.4. The molecule has 0 saturated carbocycles. The van der Waals surface area contributed by atoms with Gasteiger partial charge >= 0.3 is 0 Å². The summed E-state index contributed by atoms with van der Waals surface area (Å²) in [5.74, 6) is -1.56. The number of nitrogens with zero attached hydrogens (tertiary/aromatic N) is 4. The normalized spacial score (nSPS) is 12.3. The zero-order chi connectivity index (χ0) is 22.4. The maximum atomic E-state index is 14.9. The number of amides is 2. The van der Waals surface area contributed by atoms with Crippen LogP contribution in [0.15, 0.2) is 54.2 Å². The minimum Gasteiger partial charge on any atom is -0.349 e. The number of benzene rings is 1. The van der Waals surface area contributed by atoms with Crippen molar-refractivity contribution in [2.75, 3.05) is 0 Å². The molecule has 1 atom stereocenters. The van der Waals surface area contributed by atoms with Crippen LogP contribution >= 0.6 is 11.5 Å². The molecule has 0 aliphatic heterocycles. The molecule has 1 aromatic carbocycles. The van der Waals surface area contributed by atoms with Crippen molar-refractivity contribution < 1.29 is 14.0 Å². The Bertz CT molecular complexity index is 1030. The van der Waals surface area contributed by atoms with Crippen LogP contribution in [0.2, 0.25) is 0 Å². The van der Waals surface area contributed by atoms with Crippen molar-refractivity contribution in [2.45, 2.75) is 45.3 Å². The van der Waals surface area contributed by atoms with Crippen molar-refractivity contribution >= 4 is 23.3 Å². The highest BCUT2D eigenvalue weighted by molar-refractivity contribution is 7.03. The molecule has 2 aromatic heterocycles. The summed E-state index contributed by atoms with van der Waals surface area (Å²) in [4.78, 5) is 32.2. The molecule has 7 nitrogen and oxygen atoms in total. The van der Waals surface area contributed by atoms with Crippen LogP contribution in [0.5, 0.6) is 0 Å². The molecule has 1 N–H and O–H groups in total. The van der Waals surface area contributed by atoms with E-state index in [1.165, 1.54) is 22.4 Å². The maximum Gasteiger partial charge on any atom is 0.276 e. The van der Waals surface area contributed by atoms with Crippen LogP contribution in [0.3, 0.4) is 0 Å². The van der Waals surface area contributed by atoms with Gasteiger partial charge in [-0.2, -0.15) is 0 Å². The van der Waals surface area contributed by atoms with Gasteiger partial charge in [0.05, 0.1) is 0 Å². The summed E-state index contributed by atoms with van der Waals surface area (Å²) in [5, 5.41) is 8.32. The van der Waals surface area contributed by atoms with Crippen LogP contribution in [0.25, 0.3) is 0 Å². The Kier molecular flexibility index (Phi) is 7.06. The first-order chi connectivity index (χ1) is 14.8. The third-order valence-corrected chi connectivity index (χ3v) is 5.53. The highest BCUT2D eigenvalue weighted by Crippen LogP contribution is 2.28. The van der Waals surface area contributed by atoms with E-state index in [-0.39, 0.29) is 17.8 Å². The largest absolute Gasteiger partial charge is 0.349 e. The molecule has 0 fully saturated rings. The summed E-state index contributed by atoms with van der Waals surface area (Å²) in [7, 11) is 0. The third-order valence-electron chi connectivity index (χ3n) is 5.02. The topological polar surface area (TPSA) is 88.1 Å². The van der Waals surface area contributed by atoms with Gasteiger partial charge in [-0.3, -0.25) is 14.6 Å². The van der Waals surface area contributed by atoms with Crippen molar-refractivity contribution in [2.24, 2.45) is 0 Å². The summed E-state index contributed by atoms with van der Waals surface area (Å²) in [6, 6.07) is 8.29. The fraction of sp³-hybridized carbons (Fsp3) is 0.318. The first kappa shape index (κ1) is 22.5. The third kappa shape index (κ3) is 5.49. The zero-order valence-electron chi connectivity index (χ0n) is 17.6. The lowest BCUT2D eigenvalue weighted by Crippen LogP contribution is -2.50. The summed E-state index contributed by atoms with van der Waals surface area (Å²) in [5.41, 5.74) is 0.360. The molecule has 9 heteroatoms. The monoisotopic (exact) mass is 441 g/mol. The molecule has 3 rings (SSSR count). The number of rotatable bonds is 8. The second-order valence-electron chi connectivity index (χ2n) is 7.74. The van der Waals surface area contributed by atoms with Gasteiger partial charge in [0.2, 0.25) is 5.91 Å². The number of carbonyl (C=O) groups is 2. The Morgan fingerprint density at radius 2 is 2.00 bits per heavy atom. The standard InChI is InChI=1S/C22H24FN5O2S/c1-4-22(2,3)25-20(29)19(16-9-5-6-10-17(16)23)28(13-15-8-7-11-24-12-15)21(30)18-14-31-27-26-18/h5-12,14,19H,4,13H2,1-3H3,(H,25,29)/t19-/m0/s1. The summed E-state index contributed by atoms with van der Waals surface area (Å²) in [6.07, 6.45) is 3.88. The van der Waals surface area contributed by atoms with Gasteiger partial charge < -0.3 is 10.2 Å². The summed E-state index contributed by atoms with van der Waals surface area (Å²) >= 11 is 1.03. The van der Waals surface area contributed by atoms with E-state index in [0.717, 1.165) is 11.5 Å². The van der Waals surface area contributed by atoms with Crippen molar-refractivity contribution in [3.8, 4) is 0 Å². The van der Waals surface area contributed by atoms with Gasteiger partial charge in [-0.25, -0.2) is 4.39 Å². The fourth-order valence-corrected chi connectivity index (χ4v) is 3.44. The van der Waals surface area contributed by atoms with Crippen LogP contribution in [-0.4, -0.2) is 36.8 Å². The Balaban J connectivity index is 2.10. The predicted molar refractivity (Wildman–Crippen MR) is 116 cm³/mol. The first-order valence-electron chi connectivity index (χ1n) is 9.86. The lowest BCUT2D eigenvalue weighted by molar-refractivity contribution is -0.127. The molecular weight excluding hydrogens is 417 g/mol. The van der Waals surface area contributed by atoms with Crippen LogP contribution in [0.1, 0.15) is 54.8 Å². The Morgan fingerprint density at radius 1 is 1.23 bits per heavy atom. The lowest BCUT2D eigenvalue weighted by atomic mass is 9.98. The molecule has 31 heavy (non-hydrogen) atoms. The molecule has 0 saturated heterocycles. The lowest BCUT2D eigenvalue weighted by Gasteiger charge is -2.34. The van der Waals surface area contributed by atoms with E-state index in [0.29, 0.717) is 12.0 Å². The number of hydrogen-bond donors (Lipinski definition) is 1. The molecular formula is C22H24FN5O2S. The van der Waals surface area contributed by atoms with Gasteiger partial charge in [0.1, 0.15) is 11.9 Å². The van der Waals surface area contributed by atoms with E-state index in [1.54, 1.807) is 36.7 Å². The molecule has 0 spiro atoms. The van der Waals surface area contributed by atoms with E-state index in [4.69, 9.17) is 0 Å².